The molecular formula is C22H18N2O. The molecule has 0 saturated carbocycles. The van der Waals surface area contributed by atoms with Crippen molar-refractivity contribution in [2.45, 2.75) is 13.5 Å². The molecule has 1 heterocycles. The molecule has 0 bridgehead atoms. The lowest BCUT2D eigenvalue weighted by molar-refractivity contribution is 0.757. The van der Waals surface area contributed by atoms with Crippen molar-refractivity contribution < 1.29 is 0 Å². The minimum Gasteiger partial charge on any atom is -0.311 e. The second-order valence-corrected chi connectivity index (χ2v) is 5.94. The van der Waals surface area contributed by atoms with E-state index in [2.05, 4.69) is 25.1 Å². The van der Waals surface area contributed by atoms with E-state index >= 15 is 0 Å². The zero-order chi connectivity index (χ0) is 17.6. The van der Waals surface area contributed by atoms with Crippen molar-refractivity contribution in [2.75, 3.05) is 0 Å². The van der Waals surface area contributed by atoms with E-state index in [0.717, 1.165) is 16.7 Å². The average Bonchev–Trinajstić information content (AvgIpc) is 2.62. The molecule has 0 amide bonds. The minimum absolute atomic E-state index is 0.0841. The molecular weight excluding hydrogens is 308 g/mol. The minimum atomic E-state index is -0.0841. The second-order valence-electron chi connectivity index (χ2n) is 5.94. The number of hydrogen-bond acceptors (Lipinski definition) is 2. The zero-order valence-electron chi connectivity index (χ0n) is 14.0. The van der Waals surface area contributed by atoms with Gasteiger partial charge in [-0.25, -0.2) is 0 Å². The van der Waals surface area contributed by atoms with Crippen LogP contribution in [0, 0.1) is 18.3 Å². The number of aromatic nitrogens is 1. The Morgan fingerprint density at radius 1 is 1.00 bits per heavy atom. The number of hydrogen-bond donors (Lipinski definition) is 0. The number of nitrogens with zero attached hydrogens (tertiary/aromatic N) is 2. The molecule has 0 aliphatic heterocycles. The van der Waals surface area contributed by atoms with Crippen LogP contribution in [-0.2, 0) is 6.54 Å². The molecule has 0 aliphatic carbocycles. The summed E-state index contributed by atoms with van der Waals surface area (Å²) < 4.78 is 1.61. The third kappa shape index (κ3) is 4.13. The van der Waals surface area contributed by atoms with Crippen LogP contribution >= 0.6 is 0 Å². The van der Waals surface area contributed by atoms with E-state index in [4.69, 9.17) is 5.26 Å². The summed E-state index contributed by atoms with van der Waals surface area (Å²) in [5.41, 5.74) is 4.52. The number of rotatable bonds is 4. The molecule has 3 aromatic rings. The number of aryl methyl sites for hydroxylation is 1. The maximum Gasteiger partial charge on any atom is 0.251 e. The molecule has 0 unspecified atom stereocenters. The van der Waals surface area contributed by atoms with Crippen LogP contribution in [0.5, 0.6) is 0 Å². The van der Waals surface area contributed by atoms with Gasteiger partial charge in [0, 0.05) is 12.3 Å². The zero-order valence-corrected chi connectivity index (χ0v) is 14.0. The maximum atomic E-state index is 12.4. The first-order chi connectivity index (χ1) is 12.2. The normalized spacial score (nSPS) is 10.7. The van der Waals surface area contributed by atoms with Crippen LogP contribution in [0.1, 0.15) is 27.8 Å². The van der Waals surface area contributed by atoms with E-state index in [0.29, 0.717) is 12.1 Å². The third-order valence-electron chi connectivity index (χ3n) is 4.01. The van der Waals surface area contributed by atoms with Gasteiger partial charge in [-0.3, -0.25) is 4.79 Å². The molecule has 0 N–H and O–H groups in total. The van der Waals surface area contributed by atoms with E-state index in [-0.39, 0.29) is 5.56 Å². The van der Waals surface area contributed by atoms with E-state index in [1.165, 1.54) is 5.56 Å². The van der Waals surface area contributed by atoms with Crippen molar-refractivity contribution in [1.82, 2.24) is 4.57 Å². The summed E-state index contributed by atoms with van der Waals surface area (Å²) in [6, 6.07) is 21.2. The second kappa shape index (κ2) is 7.46. The summed E-state index contributed by atoms with van der Waals surface area (Å²) in [6.07, 6.45) is 5.70. The standard InChI is InChI=1S/C22H18N2O/c1-17-5-4-6-18(13-17)9-10-19-11-12-24(22(25)14-19)16-21-8-3-2-7-20(21)15-23/h2-14H,16H2,1H3/b10-9+. The summed E-state index contributed by atoms with van der Waals surface area (Å²) in [4.78, 5) is 12.4. The fourth-order valence-electron chi connectivity index (χ4n) is 2.67. The Hall–Kier alpha value is -3.38. The van der Waals surface area contributed by atoms with Crippen LogP contribution < -0.4 is 5.56 Å². The van der Waals surface area contributed by atoms with Crippen molar-refractivity contribution in [2.24, 2.45) is 0 Å². The molecule has 1 aromatic heterocycles. The maximum absolute atomic E-state index is 12.4. The van der Waals surface area contributed by atoms with Gasteiger partial charge in [-0.1, -0.05) is 60.2 Å². The Kier molecular flexibility index (Phi) is 4.92. The third-order valence-corrected chi connectivity index (χ3v) is 4.01. The van der Waals surface area contributed by atoms with E-state index in [9.17, 15) is 4.79 Å². The van der Waals surface area contributed by atoms with Crippen molar-refractivity contribution in [3.63, 3.8) is 0 Å². The molecule has 3 nitrogen and oxygen atoms in total. The highest BCUT2D eigenvalue weighted by molar-refractivity contribution is 5.69. The predicted octanol–water partition coefficient (Wildman–Crippen LogP) is 4.25. The van der Waals surface area contributed by atoms with Crippen molar-refractivity contribution in [3.05, 3.63) is 105 Å². The van der Waals surface area contributed by atoms with Crippen LogP contribution in [0.2, 0.25) is 0 Å². The smallest absolute Gasteiger partial charge is 0.251 e. The fourth-order valence-corrected chi connectivity index (χ4v) is 2.67. The van der Waals surface area contributed by atoms with Gasteiger partial charge >= 0.3 is 0 Å². The Balaban J connectivity index is 1.82. The largest absolute Gasteiger partial charge is 0.311 e. The highest BCUT2D eigenvalue weighted by Gasteiger charge is 2.03. The molecule has 0 aliphatic rings. The Morgan fingerprint density at radius 3 is 2.48 bits per heavy atom. The highest BCUT2D eigenvalue weighted by Crippen LogP contribution is 2.11. The van der Waals surface area contributed by atoms with Crippen molar-refractivity contribution in [3.8, 4) is 6.07 Å². The lowest BCUT2D eigenvalue weighted by Crippen LogP contribution is -2.19. The molecule has 0 spiro atoms. The lowest BCUT2D eigenvalue weighted by Gasteiger charge is -2.07. The van der Waals surface area contributed by atoms with Crippen LogP contribution in [0.15, 0.2) is 71.7 Å². The van der Waals surface area contributed by atoms with Crippen LogP contribution in [-0.4, -0.2) is 4.57 Å². The summed E-state index contributed by atoms with van der Waals surface area (Å²) in [5, 5.41) is 9.16. The predicted molar refractivity (Wildman–Crippen MR) is 101 cm³/mol. The van der Waals surface area contributed by atoms with Gasteiger partial charge in [-0.15, -0.1) is 0 Å². The number of benzene rings is 2. The van der Waals surface area contributed by atoms with Gasteiger partial charge in [0.1, 0.15) is 0 Å². The van der Waals surface area contributed by atoms with Gasteiger partial charge in [0.25, 0.3) is 5.56 Å². The van der Waals surface area contributed by atoms with Crippen LogP contribution in [0.3, 0.4) is 0 Å². The van der Waals surface area contributed by atoms with Crippen LogP contribution in [0.4, 0.5) is 0 Å². The number of nitriles is 1. The molecule has 3 heteroatoms. The highest BCUT2D eigenvalue weighted by atomic mass is 16.1. The Morgan fingerprint density at radius 2 is 1.76 bits per heavy atom. The number of pyridine rings is 1. The van der Waals surface area contributed by atoms with Gasteiger partial charge in [0.15, 0.2) is 0 Å². The van der Waals surface area contributed by atoms with Gasteiger partial charge in [-0.2, -0.15) is 5.26 Å². The quantitative estimate of drug-likeness (QED) is 0.719. The Labute approximate surface area is 147 Å². The van der Waals surface area contributed by atoms with Crippen LogP contribution in [0.25, 0.3) is 12.2 Å². The summed E-state index contributed by atoms with van der Waals surface area (Å²) in [5.74, 6) is 0. The van der Waals surface area contributed by atoms with E-state index < -0.39 is 0 Å². The molecule has 0 saturated heterocycles. The lowest BCUT2D eigenvalue weighted by atomic mass is 10.1. The summed E-state index contributed by atoms with van der Waals surface area (Å²) >= 11 is 0. The molecule has 3 rings (SSSR count). The SMILES string of the molecule is Cc1cccc(/C=C/c2ccn(Cc3ccccc3C#N)c(=O)c2)c1. The topological polar surface area (TPSA) is 45.8 Å². The Bertz CT molecular complexity index is 1020. The summed E-state index contributed by atoms with van der Waals surface area (Å²) in [7, 11) is 0. The average molecular weight is 326 g/mol. The van der Waals surface area contributed by atoms with Crippen molar-refractivity contribution >= 4 is 12.2 Å². The molecule has 0 atom stereocenters. The first-order valence-corrected chi connectivity index (χ1v) is 8.09. The fraction of sp³-hybridized carbons (Fsp3) is 0.0909. The molecule has 25 heavy (non-hydrogen) atoms. The molecule has 0 radical (unpaired) electrons. The van der Waals surface area contributed by atoms with Gasteiger partial charge < -0.3 is 4.57 Å². The van der Waals surface area contributed by atoms with Gasteiger partial charge in [-0.05, 0) is 35.7 Å². The van der Waals surface area contributed by atoms with E-state index in [1.807, 2.05) is 48.6 Å². The summed E-state index contributed by atoms with van der Waals surface area (Å²) in [6.45, 7) is 2.45. The van der Waals surface area contributed by atoms with Crippen molar-refractivity contribution in [1.29, 1.82) is 5.26 Å². The monoisotopic (exact) mass is 326 g/mol. The van der Waals surface area contributed by atoms with E-state index in [1.54, 1.807) is 22.9 Å². The van der Waals surface area contributed by atoms with Gasteiger partial charge in [0.2, 0.25) is 0 Å². The molecule has 2 aromatic carbocycles. The first-order valence-electron chi connectivity index (χ1n) is 8.09. The van der Waals surface area contributed by atoms with Gasteiger partial charge in [0.05, 0.1) is 18.2 Å². The molecule has 0 fully saturated rings. The molecule has 122 valence electrons. The first kappa shape index (κ1) is 16.5.